The van der Waals surface area contributed by atoms with E-state index in [1.807, 2.05) is 30.3 Å². The van der Waals surface area contributed by atoms with Gasteiger partial charge in [0.05, 0.1) is 4.92 Å². The zero-order valence-corrected chi connectivity index (χ0v) is 19.6. The number of piperidine rings is 1. The fourth-order valence-electron chi connectivity index (χ4n) is 3.96. The van der Waals surface area contributed by atoms with Gasteiger partial charge >= 0.3 is 12.2 Å². The molecule has 0 saturated carbocycles. The zero-order chi connectivity index (χ0) is 25.0. The van der Waals surface area contributed by atoms with Crippen molar-refractivity contribution in [3.05, 3.63) is 70.3 Å². The number of nitrogens with zero attached hydrogens (tertiary/aromatic N) is 3. The van der Waals surface area contributed by atoms with Crippen LogP contribution < -0.4 is 4.74 Å². The summed E-state index contributed by atoms with van der Waals surface area (Å²) in [6, 6.07) is 14.7. The molecule has 0 spiro atoms. The Hall–Kier alpha value is -3.66. The molecule has 0 radical (unpaired) electrons. The van der Waals surface area contributed by atoms with Crippen LogP contribution in [0.2, 0.25) is 0 Å². The molecule has 10 heteroatoms. The molecule has 0 unspecified atom stereocenters. The zero-order valence-electron chi connectivity index (χ0n) is 19.6. The molecule has 1 aliphatic heterocycles. The lowest BCUT2D eigenvalue weighted by Crippen LogP contribution is -2.50. The second-order valence-electron chi connectivity index (χ2n) is 8.36. The summed E-state index contributed by atoms with van der Waals surface area (Å²) >= 11 is 0. The van der Waals surface area contributed by atoms with Crippen LogP contribution in [-0.4, -0.2) is 64.3 Å². The van der Waals surface area contributed by atoms with E-state index in [-0.39, 0.29) is 36.8 Å². The van der Waals surface area contributed by atoms with Crippen molar-refractivity contribution in [1.29, 1.82) is 0 Å². The van der Waals surface area contributed by atoms with Crippen molar-refractivity contribution < 1.29 is 29.1 Å². The van der Waals surface area contributed by atoms with Crippen LogP contribution >= 0.6 is 0 Å². The van der Waals surface area contributed by atoms with Crippen LogP contribution in [0.3, 0.4) is 0 Å². The van der Waals surface area contributed by atoms with Crippen LogP contribution in [-0.2, 0) is 11.3 Å². The lowest BCUT2D eigenvalue weighted by Gasteiger charge is -2.37. The number of non-ortho nitro benzene ring substituents is 1. The van der Waals surface area contributed by atoms with E-state index in [9.17, 15) is 19.7 Å². The topological polar surface area (TPSA) is 122 Å². The van der Waals surface area contributed by atoms with E-state index in [4.69, 9.17) is 14.6 Å². The molecule has 2 aromatic carbocycles. The van der Waals surface area contributed by atoms with Gasteiger partial charge in [-0.1, -0.05) is 30.3 Å². The Kier molecular flexibility index (Phi) is 9.85. The lowest BCUT2D eigenvalue weighted by molar-refractivity contribution is -0.384. The van der Waals surface area contributed by atoms with E-state index in [0.717, 1.165) is 12.0 Å². The molecule has 10 nitrogen and oxygen atoms in total. The minimum absolute atomic E-state index is 0.0859. The molecule has 2 aromatic rings. The Morgan fingerprint density at radius 3 is 2.34 bits per heavy atom. The Labute approximate surface area is 204 Å². The molecular weight excluding hydrogens is 454 g/mol. The highest BCUT2D eigenvalue weighted by Crippen LogP contribution is 2.22. The Balaban J connectivity index is 1.55. The molecule has 35 heavy (non-hydrogen) atoms. The Morgan fingerprint density at radius 2 is 1.71 bits per heavy atom. The molecule has 0 aromatic heterocycles. The molecule has 1 fully saturated rings. The number of aliphatic hydroxyl groups is 1. The molecule has 1 N–H and O–H groups in total. The minimum Gasteiger partial charge on any atom is -0.445 e. The van der Waals surface area contributed by atoms with Crippen molar-refractivity contribution in [2.24, 2.45) is 0 Å². The number of amides is 2. The smallest absolute Gasteiger partial charge is 0.415 e. The predicted molar refractivity (Wildman–Crippen MR) is 128 cm³/mol. The van der Waals surface area contributed by atoms with Gasteiger partial charge in [0.1, 0.15) is 12.4 Å². The first kappa shape index (κ1) is 26.0. The van der Waals surface area contributed by atoms with Crippen molar-refractivity contribution in [2.45, 2.75) is 44.8 Å². The van der Waals surface area contributed by atoms with Gasteiger partial charge in [0.2, 0.25) is 0 Å². The number of nitro groups is 1. The SMILES string of the molecule is O=C(OCc1ccccc1)N1CCC(N(CCCCCO)C(=O)Oc2ccc([N+](=O)[O-])cc2)CC1. The Morgan fingerprint density at radius 1 is 1.03 bits per heavy atom. The highest BCUT2D eigenvalue weighted by atomic mass is 16.6. The van der Waals surface area contributed by atoms with Crippen LogP contribution in [0.5, 0.6) is 5.75 Å². The highest BCUT2D eigenvalue weighted by molar-refractivity contribution is 5.71. The summed E-state index contributed by atoms with van der Waals surface area (Å²) in [5, 5.41) is 19.9. The van der Waals surface area contributed by atoms with Gasteiger partial charge in [-0.05, 0) is 49.8 Å². The molecule has 0 atom stereocenters. The number of hydrogen-bond donors (Lipinski definition) is 1. The van der Waals surface area contributed by atoms with Crippen molar-refractivity contribution >= 4 is 17.9 Å². The second kappa shape index (κ2) is 13.3. The summed E-state index contributed by atoms with van der Waals surface area (Å²) in [5.41, 5.74) is 0.830. The van der Waals surface area contributed by atoms with Gasteiger partial charge in [-0.15, -0.1) is 0 Å². The van der Waals surface area contributed by atoms with Gasteiger partial charge in [0.25, 0.3) is 5.69 Å². The van der Waals surface area contributed by atoms with E-state index in [0.29, 0.717) is 45.3 Å². The summed E-state index contributed by atoms with van der Waals surface area (Å²) in [4.78, 5) is 39.1. The van der Waals surface area contributed by atoms with Gasteiger partial charge in [0.15, 0.2) is 0 Å². The maximum atomic E-state index is 13.0. The number of hydrogen-bond acceptors (Lipinski definition) is 7. The molecule has 188 valence electrons. The van der Waals surface area contributed by atoms with Crippen molar-refractivity contribution in [2.75, 3.05) is 26.2 Å². The van der Waals surface area contributed by atoms with E-state index in [1.165, 1.54) is 24.3 Å². The highest BCUT2D eigenvalue weighted by Gasteiger charge is 2.31. The summed E-state index contributed by atoms with van der Waals surface area (Å²) in [5.74, 6) is 0.225. The Bertz CT molecular complexity index is 961. The molecule has 1 heterocycles. The van der Waals surface area contributed by atoms with Crippen molar-refractivity contribution in [3.63, 3.8) is 0 Å². The summed E-state index contributed by atoms with van der Waals surface area (Å²) in [6.45, 7) is 1.66. The number of rotatable bonds is 10. The molecule has 3 rings (SSSR count). The minimum atomic E-state index is -0.534. The van der Waals surface area contributed by atoms with Gasteiger partial charge in [-0.3, -0.25) is 10.1 Å². The number of nitro benzene ring substituents is 1. The number of benzene rings is 2. The second-order valence-corrected chi connectivity index (χ2v) is 8.36. The molecule has 1 aliphatic rings. The maximum absolute atomic E-state index is 13.0. The first-order valence-corrected chi connectivity index (χ1v) is 11.8. The van der Waals surface area contributed by atoms with E-state index >= 15 is 0 Å². The van der Waals surface area contributed by atoms with Gasteiger partial charge < -0.3 is 24.4 Å². The van der Waals surface area contributed by atoms with Gasteiger partial charge in [-0.25, -0.2) is 9.59 Å². The van der Waals surface area contributed by atoms with Gasteiger partial charge in [-0.2, -0.15) is 0 Å². The number of likely N-dealkylation sites (tertiary alicyclic amines) is 1. The normalized spacial score (nSPS) is 13.8. The molecular formula is C25H31N3O7. The third-order valence-electron chi connectivity index (χ3n) is 5.91. The van der Waals surface area contributed by atoms with Crippen molar-refractivity contribution in [1.82, 2.24) is 9.80 Å². The van der Waals surface area contributed by atoms with E-state index < -0.39 is 11.0 Å². The van der Waals surface area contributed by atoms with Crippen LogP contribution in [0, 0.1) is 10.1 Å². The summed E-state index contributed by atoms with van der Waals surface area (Å²) in [6.07, 6.45) is 2.36. The first-order chi connectivity index (χ1) is 17.0. The summed E-state index contributed by atoms with van der Waals surface area (Å²) < 4.78 is 10.9. The average molecular weight is 486 g/mol. The molecule has 0 bridgehead atoms. The molecule has 2 amide bonds. The lowest BCUT2D eigenvalue weighted by atomic mass is 10.0. The quantitative estimate of drug-likeness (QED) is 0.301. The fraction of sp³-hybridized carbons (Fsp3) is 0.440. The predicted octanol–water partition coefficient (Wildman–Crippen LogP) is 4.36. The number of carbonyl (C=O) groups is 2. The number of carbonyl (C=O) groups excluding carboxylic acids is 2. The third kappa shape index (κ3) is 7.96. The van der Waals surface area contributed by atoms with E-state index in [2.05, 4.69) is 0 Å². The number of unbranched alkanes of at least 4 members (excludes halogenated alkanes) is 2. The number of aliphatic hydroxyl groups excluding tert-OH is 1. The standard InChI is InChI=1S/C25H31N3O7/c29-18-6-2-5-15-27(25(31)35-23-11-9-22(10-12-23)28(32)33)21-13-16-26(17-14-21)24(30)34-19-20-7-3-1-4-8-20/h1,3-4,7-12,21,29H,2,5-6,13-19H2. The maximum Gasteiger partial charge on any atom is 0.415 e. The van der Waals surface area contributed by atoms with Crippen molar-refractivity contribution in [3.8, 4) is 5.75 Å². The average Bonchev–Trinajstić information content (AvgIpc) is 2.88. The van der Waals surface area contributed by atoms with Gasteiger partial charge in [0, 0.05) is 44.4 Å². The largest absolute Gasteiger partial charge is 0.445 e. The van der Waals surface area contributed by atoms with Crippen LogP contribution in [0.1, 0.15) is 37.7 Å². The fourth-order valence-corrected chi connectivity index (χ4v) is 3.96. The first-order valence-electron chi connectivity index (χ1n) is 11.8. The van der Waals surface area contributed by atoms with Crippen LogP contribution in [0.25, 0.3) is 0 Å². The third-order valence-corrected chi connectivity index (χ3v) is 5.91. The molecule has 0 aliphatic carbocycles. The monoisotopic (exact) mass is 485 g/mol. The van der Waals surface area contributed by atoms with Crippen LogP contribution in [0.4, 0.5) is 15.3 Å². The van der Waals surface area contributed by atoms with Crippen LogP contribution in [0.15, 0.2) is 54.6 Å². The number of ether oxygens (including phenoxy) is 2. The van der Waals surface area contributed by atoms with E-state index in [1.54, 1.807) is 9.80 Å². The molecule has 1 saturated heterocycles. The summed E-state index contributed by atoms with van der Waals surface area (Å²) in [7, 11) is 0.